The van der Waals surface area contributed by atoms with E-state index in [1.54, 1.807) is 13.3 Å². The Morgan fingerprint density at radius 1 is 0.593 bits per heavy atom. The van der Waals surface area contributed by atoms with Gasteiger partial charge in [0.05, 0.1) is 13.2 Å². The highest BCUT2D eigenvalue weighted by Crippen LogP contribution is 2.37. The first-order valence-corrected chi connectivity index (χ1v) is 15.0. The summed E-state index contributed by atoms with van der Waals surface area (Å²) in [6, 6.07) is 0. The number of unbranched alkanes of at least 4 members (excludes halogenated alkanes) is 17. The molecule has 0 saturated heterocycles. The van der Waals surface area contributed by atoms with Gasteiger partial charge in [-0.1, -0.05) is 122 Å². The molecule has 0 radical (unpaired) electrons. The second-order valence-corrected chi connectivity index (χ2v) is 12.7. The third kappa shape index (κ3) is 24.2. The van der Waals surface area contributed by atoms with Crippen molar-refractivity contribution >= 4 is 7.14 Å². The van der Waals surface area contributed by atoms with Crippen molar-refractivity contribution in [2.24, 2.45) is 0 Å². The van der Waals surface area contributed by atoms with Crippen molar-refractivity contribution in [3.05, 3.63) is 0 Å². The molecule has 0 aliphatic rings. The monoisotopic (exact) mass is 402 g/mol. The molecule has 27 heavy (non-hydrogen) atoms. The van der Waals surface area contributed by atoms with E-state index >= 15 is 0 Å². The van der Waals surface area contributed by atoms with Gasteiger partial charge in [0.25, 0.3) is 0 Å². The number of rotatable bonds is 21. The van der Waals surface area contributed by atoms with Crippen LogP contribution in [0.4, 0.5) is 0 Å². The van der Waals surface area contributed by atoms with Gasteiger partial charge in [-0.3, -0.25) is 0 Å². The molecule has 0 spiro atoms. The van der Waals surface area contributed by atoms with E-state index < -0.39 is 7.14 Å². The fourth-order valence-electron chi connectivity index (χ4n) is 3.88. The summed E-state index contributed by atoms with van der Waals surface area (Å²) in [5.74, 6) is 0. The number of hydrogen-bond donors (Lipinski definition) is 1. The molecule has 1 N–H and O–H groups in total. The number of aliphatic hydroxyl groups excluding tert-OH is 1. The molecule has 164 valence electrons. The standard InChI is InChI=1S/C24H51O2P/c1-4-5-6-7-8-9-10-11-12-13-14-15-16-17-18-19-20-21-22-24(25)23-27(2,3)26/h24-25H,4-23H2,1-3H3. The van der Waals surface area contributed by atoms with Gasteiger partial charge >= 0.3 is 0 Å². The lowest BCUT2D eigenvalue weighted by Gasteiger charge is -2.13. The quantitative estimate of drug-likeness (QED) is 0.154. The number of hydrogen-bond acceptors (Lipinski definition) is 2. The van der Waals surface area contributed by atoms with E-state index in [9.17, 15) is 9.67 Å². The normalized spacial score (nSPS) is 13.2. The summed E-state index contributed by atoms with van der Waals surface area (Å²) in [7, 11) is -2.07. The maximum Gasteiger partial charge on any atom is 0.0844 e. The van der Waals surface area contributed by atoms with E-state index in [1.807, 2.05) is 0 Å². The summed E-state index contributed by atoms with van der Waals surface area (Å²) in [5.41, 5.74) is 0. The SMILES string of the molecule is CCCCCCCCCCCCCCCCCCCCC(O)CP(C)(C)=O. The maximum atomic E-state index is 11.7. The van der Waals surface area contributed by atoms with Crippen molar-refractivity contribution in [3.63, 3.8) is 0 Å². The topological polar surface area (TPSA) is 37.3 Å². The third-order valence-electron chi connectivity index (χ3n) is 5.54. The molecule has 0 aromatic carbocycles. The zero-order valence-corrected chi connectivity index (χ0v) is 19.9. The summed E-state index contributed by atoms with van der Waals surface area (Å²) in [5, 5.41) is 9.85. The van der Waals surface area contributed by atoms with Crippen molar-refractivity contribution in [1.82, 2.24) is 0 Å². The van der Waals surface area contributed by atoms with Crippen molar-refractivity contribution in [2.45, 2.75) is 135 Å². The van der Waals surface area contributed by atoms with Crippen molar-refractivity contribution in [3.8, 4) is 0 Å². The zero-order chi connectivity index (χ0) is 20.2. The Labute approximate surface area is 171 Å². The van der Waals surface area contributed by atoms with E-state index in [1.165, 1.54) is 109 Å². The molecule has 0 aromatic heterocycles. The molecular weight excluding hydrogens is 351 g/mol. The van der Waals surface area contributed by atoms with Gasteiger partial charge in [-0.2, -0.15) is 0 Å². The molecule has 1 atom stereocenters. The molecule has 1 unspecified atom stereocenters. The van der Waals surface area contributed by atoms with Gasteiger partial charge in [-0.25, -0.2) is 0 Å². The first kappa shape index (κ1) is 27.2. The van der Waals surface area contributed by atoms with Crippen LogP contribution in [0.3, 0.4) is 0 Å². The predicted octanol–water partition coefficient (Wildman–Crippen LogP) is 8.40. The fourth-order valence-corrected chi connectivity index (χ4v) is 5.08. The highest BCUT2D eigenvalue weighted by Gasteiger charge is 2.14. The van der Waals surface area contributed by atoms with E-state index in [0.717, 1.165) is 12.8 Å². The molecule has 0 heterocycles. The van der Waals surface area contributed by atoms with Gasteiger partial charge < -0.3 is 9.67 Å². The van der Waals surface area contributed by atoms with Crippen molar-refractivity contribution in [1.29, 1.82) is 0 Å². The van der Waals surface area contributed by atoms with Crippen LogP contribution in [0.1, 0.15) is 129 Å². The Morgan fingerprint density at radius 2 is 0.889 bits per heavy atom. The smallest absolute Gasteiger partial charge is 0.0844 e. The van der Waals surface area contributed by atoms with Crippen LogP contribution in [0.2, 0.25) is 0 Å². The fraction of sp³-hybridized carbons (Fsp3) is 1.00. The maximum absolute atomic E-state index is 11.7. The van der Waals surface area contributed by atoms with E-state index in [4.69, 9.17) is 0 Å². The van der Waals surface area contributed by atoms with Crippen LogP contribution in [-0.4, -0.2) is 30.7 Å². The van der Waals surface area contributed by atoms with E-state index in [2.05, 4.69) is 6.92 Å². The van der Waals surface area contributed by atoms with Crippen LogP contribution in [0.25, 0.3) is 0 Å². The summed E-state index contributed by atoms with van der Waals surface area (Å²) >= 11 is 0. The minimum Gasteiger partial charge on any atom is -0.393 e. The van der Waals surface area contributed by atoms with Crippen molar-refractivity contribution < 1.29 is 9.67 Å². The molecule has 0 aliphatic heterocycles. The van der Waals surface area contributed by atoms with Crippen LogP contribution in [-0.2, 0) is 4.57 Å². The Morgan fingerprint density at radius 3 is 1.19 bits per heavy atom. The molecular formula is C24H51O2P. The van der Waals surface area contributed by atoms with Crippen LogP contribution in [0.5, 0.6) is 0 Å². The second-order valence-electron chi connectivity index (χ2n) is 9.21. The molecule has 0 aliphatic carbocycles. The Balaban J connectivity index is 3.12. The molecule has 0 aromatic rings. The van der Waals surface area contributed by atoms with Crippen LogP contribution in [0.15, 0.2) is 0 Å². The zero-order valence-electron chi connectivity index (χ0n) is 19.0. The molecule has 3 heteroatoms. The lowest BCUT2D eigenvalue weighted by atomic mass is 10.0. The first-order valence-electron chi connectivity index (χ1n) is 12.2. The van der Waals surface area contributed by atoms with Crippen molar-refractivity contribution in [2.75, 3.05) is 19.5 Å². The van der Waals surface area contributed by atoms with Crippen LogP contribution in [0, 0.1) is 0 Å². The average molecular weight is 403 g/mol. The summed E-state index contributed by atoms with van der Waals surface area (Å²) in [6.07, 6.45) is 25.9. The van der Waals surface area contributed by atoms with Gasteiger partial charge in [0.1, 0.15) is 0 Å². The lowest BCUT2D eigenvalue weighted by molar-refractivity contribution is 0.182. The Hall–Kier alpha value is 0.190. The van der Waals surface area contributed by atoms with Gasteiger partial charge in [0.15, 0.2) is 0 Å². The molecule has 0 bridgehead atoms. The molecule has 2 nitrogen and oxygen atoms in total. The molecule has 0 fully saturated rings. The third-order valence-corrected chi connectivity index (χ3v) is 6.84. The van der Waals surface area contributed by atoms with Gasteiger partial charge in [0, 0.05) is 6.16 Å². The summed E-state index contributed by atoms with van der Waals surface area (Å²) < 4.78 is 11.7. The highest BCUT2D eigenvalue weighted by atomic mass is 31.2. The Bertz CT molecular complexity index is 337. The van der Waals surface area contributed by atoms with Gasteiger partial charge in [0.2, 0.25) is 0 Å². The second kappa shape index (κ2) is 19.5. The highest BCUT2D eigenvalue weighted by molar-refractivity contribution is 7.62. The van der Waals surface area contributed by atoms with Crippen LogP contribution < -0.4 is 0 Å². The Kier molecular flexibility index (Phi) is 19.6. The number of aliphatic hydroxyl groups is 1. The minimum atomic E-state index is -2.07. The van der Waals surface area contributed by atoms with E-state index in [-0.39, 0.29) is 6.10 Å². The molecule has 0 amide bonds. The van der Waals surface area contributed by atoms with Crippen LogP contribution >= 0.6 is 7.14 Å². The largest absolute Gasteiger partial charge is 0.393 e. The molecule has 0 rings (SSSR count). The summed E-state index contributed by atoms with van der Waals surface area (Å²) in [4.78, 5) is 0. The van der Waals surface area contributed by atoms with Gasteiger partial charge in [-0.05, 0) is 19.8 Å². The first-order chi connectivity index (χ1) is 13.0. The van der Waals surface area contributed by atoms with E-state index in [0.29, 0.717) is 6.16 Å². The molecule has 0 saturated carbocycles. The van der Waals surface area contributed by atoms with Gasteiger partial charge in [-0.15, -0.1) is 0 Å². The lowest BCUT2D eigenvalue weighted by Crippen LogP contribution is -2.11. The minimum absolute atomic E-state index is 0.355. The predicted molar refractivity (Wildman–Crippen MR) is 124 cm³/mol. The summed E-state index contributed by atoms with van der Waals surface area (Å²) in [6.45, 7) is 5.83. The average Bonchev–Trinajstić information content (AvgIpc) is 2.59.